The number of benzene rings is 1. The first kappa shape index (κ1) is 21.0. The van der Waals surface area contributed by atoms with E-state index >= 15 is 0 Å². The number of nitrogens with two attached hydrogens (primary N) is 1. The van der Waals surface area contributed by atoms with Crippen molar-refractivity contribution in [2.24, 2.45) is 5.14 Å². The maximum absolute atomic E-state index is 12.4. The summed E-state index contributed by atoms with van der Waals surface area (Å²) in [5, 5.41) is 20.0. The molecule has 1 heterocycles. The highest BCUT2D eigenvalue weighted by Gasteiger charge is 2.19. The van der Waals surface area contributed by atoms with Gasteiger partial charge in [0.2, 0.25) is 21.1 Å². The summed E-state index contributed by atoms with van der Waals surface area (Å²) in [5.41, 5.74) is 0.502. The number of hydrogen-bond donors (Lipinski definition) is 3. The molecule has 4 N–H and O–H groups in total. The van der Waals surface area contributed by atoms with Crippen molar-refractivity contribution in [3.63, 3.8) is 0 Å². The number of carbonyl (C=O) groups is 1. The molecule has 28 heavy (non-hydrogen) atoms. The van der Waals surface area contributed by atoms with E-state index in [1.807, 2.05) is 0 Å². The Hall–Kier alpha value is -1.69. The first-order valence-electron chi connectivity index (χ1n) is 9.02. The summed E-state index contributed by atoms with van der Waals surface area (Å²) in [6.45, 7) is 1.79. The standard InChI is InChI=1S/C17H23N5O3S3/c1-11(15(23)19-13-7-9-14(10-8-13)28(18,24)25)26-17-22-21-16(27-17)20-12-5-3-2-4-6-12/h7-12H,2-6H2,1H3,(H,19,23)(H,20,21)(H2,18,24,25)/t11-/m0/s1. The van der Waals surface area contributed by atoms with E-state index in [0.717, 1.165) is 22.3 Å². The van der Waals surface area contributed by atoms with Crippen LogP contribution in [-0.2, 0) is 14.8 Å². The van der Waals surface area contributed by atoms with Crippen molar-refractivity contribution >= 4 is 49.8 Å². The predicted molar refractivity (Wildman–Crippen MR) is 112 cm³/mol. The molecule has 0 aliphatic heterocycles. The van der Waals surface area contributed by atoms with Gasteiger partial charge in [0.05, 0.1) is 10.1 Å². The number of sulfonamides is 1. The minimum atomic E-state index is -3.75. The molecule has 0 saturated heterocycles. The third-order valence-electron chi connectivity index (χ3n) is 4.44. The number of aromatic nitrogens is 2. The molecule has 0 spiro atoms. The van der Waals surface area contributed by atoms with Crippen LogP contribution in [0, 0.1) is 0 Å². The van der Waals surface area contributed by atoms with Gasteiger partial charge in [0.1, 0.15) is 0 Å². The number of hydrogen-bond acceptors (Lipinski definition) is 8. The molecule has 1 aliphatic rings. The van der Waals surface area contributed by atoms with Gasteiger partial charge >= 0.3 is 0 Å². The van der Waals surface area contributed by atoms with Crippen molar-refractivity contribution in [1.82, 2.24) is 10.2 Å². The Morgan fingerprint density at radius 2 is 1.89 bits per heavy atom. The Morgan fingerprint density at radius 1 is 1.21 bits per heavy atom. The van der Waals surface area contributed by atoms with Crippen LogP contribution in [0.15, 0.2) is 33.5 Å². The third-order valence-corrected chi connectivity index (χ3v) is 7.40. The molecular formula is C17H23N5O3S3. The normalized spacial score (nSPS) is 16.5. The minimum Gasteiger partial charge on any atom is -0.357 e. The van der Waals surface area contributed by atoms with Crippen molar-refractivity contribution in [3.8, 4) is 0 Å². The van der Waals surface area contributed by atoms with E-state index in [1.54, 1.807) is 6.92 Å². The van der Waals surface area contributed by atoms with Gasteiger partial charge in [-0.1, -0.05) is 42.4 Å². The van der Waals surface area contributed by atoms with Gasteiger partial charge in [0.15, 0.2) is 4.34 Å². The largest absolute Gasteiger partial charge is 0.357 e. The zero-order valence-electron chi connectivity index (χ0n) is 15.4. The molecule has 2 aromatic rings. The van der Waals surface area contributed by atoms with Crippen LogP contribution >= 0.6 is 23.1 Å². The van der Waals surface area contributed by atoms with Gasteiger partial charge in [-0.15, -0.1) is 10.2 Å². The number of primary sulfonamides is 1. The first-order valence-corrected chi connectivity index (χ1v) is 12.3. The van der Waals surface area contributed by atoms with Crippen LogP contribution in [0.25, 0.3) is 0 Å². The molecule has 0 radical (unpaired) electrons. The lowest BCUT2D eigenvalue weighted by atomic mass is 9.96. The third kappa shape index (κ3) is 5.90. The second kappa shape index (κ2) is 9.21. The number of nitrogens with zero attached hydrogens (tertiary/aromatic N) is 2. The van der Waals surface area contributed by atoms with Crippen LogP contribution in [0.1, 0.15) is 39.0 Å². The van der Waals surface area contributed by atoms with Crippen molar-refractivity contribution in [2.45, 2.75) is 59.6 Å². The van der Waals surface area contributed by atoms with Crippen LogP contribution < -0.4 is 15.8 Å². The fourth-order valence-electron chi connectivity index (χ4n) is 2.91. The van der Waals surface area contributed by atoms with Gasteiger partial charge in [-0.05, 0) is 44.0 Å². The summed E-state index contributed by atoms with van der Waals surface area (Å²) in [7, 11) is -3.75. The maximum Gasteiger partial charge on any atom is 0.238 e. The highest BCUT2D eigenvalue weighted by atomic mass is 32.2. The number of amides is 1. The molecule has 152 valence electrons. The number of rotatable bonds is 7. The van der Waals surface area contributed by atoms with Crippen molar-refractivity contribution in [2.75, 3.05) is 10.6 Å². The average Bonchev–Trinajstić information content (AvgIpc) is 3.09. The van der Waals surface area contributed by atoms with E-state index in [9.17, 15) is 13.2 Å². The van der Waals surface area contributed by atoms with Gasteiger partial charge in [0, 0.05) is 11.7 Å². The lowest BCUT2D eigenvalue weighted by molar-refractivity contribution is -0.115. The Kier molecular flexibility index (Phi) is 6.91. The van der Waals surface area contributed by atoms with Crippen LogP contribution in [-0.4, -0.2) is 35.8 Å². The van der Waals surface area contributed by atoms with Gasteiger partial charge in [-0.25, -0.2) is 13.6 Å². The van der Waals surface area contributed by atoms with Gasteiger partial charge < -0.3 is 10.6 Å². The molecule has 1 atom stereocenters. The molecular weight excluding hydrogens is 418 g/mol. The van der Waals surface area contributed by atoms with E-state index < -0.39 is 10.0 Å². The fourth-order valence-corrected chi connectivity index (χ4v) is 5.40. The highest BCUT2D eigenvalue weighted by Crippen LogP contribution is 2.31. The van der Waals surface area contributed by atoms with E-state index in [2.05, 4.69) is 20.8 Å². The Labute approximate surface area is 172 Å². The van der Waals surface area contributed by atoms with E-state index in [-0.39, 0.29) is 16.1 Å². The van der Waals surface area contributed by atoms with E-state index in [4.69, 9.17) is 5.14 Å². The summed E-state index contributed by atoms with van der Waals surface area (Å²) in [6, 6.07) is 6.19. The van der Waals surface area contributed by atoms with Gasteiger partial charge in [-0.2, -0.15) is 0 Å². The zero-order valence-corrected chi connectivity index (χ0v) is 17.9. The monoisotopic (exact) mass is 441 g/mol. The molecule has 1 fully saturated rings. The highest BCUT2D eigenvalue weighted by molar-refractivity contribution is 8.02. The quantitative estimate of drug-likeness (QED) is 0.564. The number of nitrogens with one attached hydrogen (secondary N) is 2. The molecule has 8 nitrogen and oxygen atoms in total. The number of carbonyl (C=O) groups excluding carboxylic acids is 1. The summed E-state index contributed by atoms with van der Waals surface area (Å²) in [4.78, 5) is 12.4. The smallest absolute Gasteiger partial charge is 0.238 e. The number of anilines is 2. The molecule has 3 rings (SSSR count). The van der Waals surface area contributed by atoms with Gasteiger partial charge in [-0.3, -0.25) is 4.79 Å². The number of thioether (sulfide) groups is 1. The fraction of sp³-hybridized carbons (Fsp3) is 0.471. The second-order valence-electron chi connectivity index (χ2n) is 6.67. The van der Waals surface area contributed by atoms with Gasteiger partial charge in [0.25, 0.3) is 0 Å². The summed E-state index contributed by atoms with van der Waals surface area (Å²) >= 11 is 2.79. The maximum atomic E-state index is 12.4. The predicted octanol–water partition coefficient (Wildman–Crippen LogP) is 3.05. The van der Waals surface area contributed by atoms with E-state index in [1.165, 1.54) is 66.6 Å². The lowest BCUT2D eigenvalue weighted by Crippen LogP contribution is -2.22. The average molecular weight is 442 g/mol. The molecule has 0 unspecified atom stereocenters. The Bertz CT molecular complexity index is 908. The zero-order chi connectivity index (χ0) is 20.1. The molecule has 1 aliphatic carbocycles. The van der Waals surface area contributed by atoms with Crippen LogP contribution in [0.5, 0.6) is 0 Å². The molecule has 0 bridgehead atoms. The Balaban J connectivity index is 1.52. The first-order chi connectivity index (χ1) is 13.3. The molecule has 11 heteroatoms. The summed E-state index contributed by atoms with van der Waals surface area (Å²) < 4.78 is 23.3. The van der Waals surface area contributed by atoms with E-state index in [0.29, 0.717) is 11.7 Å². The summed E-state index contributed by atoms with van der Waals surface area (Å²) in [5.74, 6) is -0.203. The second-order valence-corrected chi connectivity index (χ2v) is 10.8. The summed E-state index contributed by atoms with van der Waals surface area (Å²) in [6.07, 6.45) is 6.10. The molecule has 1 saturated carbocycles. The minimum absolute atomic E-state index is 0.000206. The topological polar surface area (TPSA) is 127 Å². The van der Waals surface area contributed by atoms with Crippen LogP contribution in [0.4, 0.5) is 10.8 Å². The van der Waals surface area contributed by atoms with Crippen LogP contribution in [0.2, 0.25) is 0 Å². The van der Waals surface area contributed by atoms with Crippen LogP contribution in [0.3, 0.4) is 0 Å². The molecule has 1 aromatic carbocycles. The van der Waals surface area contributed by atoms with Crippen molar-refractivity contribution in [3.05, 3.63) is 24.3 Å². The Morgan fingerprint density at radius 3 is 2.54 bits per heavy atom. The van der Waals surface area contributed by atoms with Crippen molar-refractivity contribution in [1.29, 1.82) is 0 Å². The lowest BCUT2D eigenvalue weighted by Gasteiger charge is -2.21. The molecule has 1 aromatic heterocycles. The molecule has 1 amide bonds. The van der Waals surface area contributed by atoms with Crippen molar-refractivity contribution < 1.29 is 13.2 Å². The SMILES string of the molecule is C[C@H](Sc1nnc(NC2CCCCC2)s1)C(=O)Nc1ccc(S(N)(=O)=O)cc1.